The van der Waals surface area contributed by atoms with Gasteiger partial charge in [0, 0.05) is 30.7 Å². The van der Waals surface area contributed by atoms with Crippen LogP contribution < -0.4 is 9.62 Å². The van der Waals surface area contributed by atoms with Crippen LogP contribution in [0.4, 0.5) is 19.0 Å². The summed E-state index contributed by atoms with van der Waals surface area (Å²) in [5.41, 5.74) is 1.00. The van der Waals surface area contributed by atoms with E-state index in [0.29, 0.717) is 36.4 Å². The zero-order valence-corrected chi connectivity index (χ0v) is 15.3. The monoisotopic (exact) mass is 415 g/mol. The van der Waals surface area contributed by atoms with Crippen LogP contribution in [0.25, 0.3) is 21.9 Å². The first-order chi connectivity index (χ1) is 13.2. The van der Waals surface area contributed by atoms with Gasteiger partial charge in [-0.3, -0.25) is 5.10 Å². The molecule has 0 radical (unpaired) electrons. The molecule has 0 amide bonds. The molecule has 1 saturated heterocycles. The number of halogens is 3. The number of hydrogen-bond acceptors (Lipinski definition) is 7. The maximum Gasteiger partial charge on any atom is 0.404 e. The van der Waals surface area contributed by atoms with E-state index in [1.54, 1.807) is 12.3 Å². The molecule has 1 unspecified atom stereocenters. The van der Waals surface area contributed by atoms with Crippen LogP contribution in [0.5, 0.6) is 0 Å². The number of sulfonamides is 1. The lowest BCUT2D eigenvalue weighted by molar-refractivity contribution is -0.106. The van der Waals surface area contributed by atoms with Crippen molar-refractivity contribution < 1.29 is 21.6 Å². The molecule has 3 aromatic rings. The molecule has 150 valence electrons. The number of nitrogens with zero attached hydrogens (tertiary/aromatic N) is 5. The molecule has 9 nitrogen and oxygen atoms in total. The van der Waals surface area contributed by atoms with E-state index in [1.165, 1.54) is 6.20 Å². The summed E-state index contributed by atoms with van der Waals surface area (Å²) in [6.45, 7) is 0.791. The molecule has 1 aliphatic rings. The van der Waals surface area contributed by atoms with Gasteiger partial charge in [-0.2, -0.15) is 18.3 Å². The highest BCUT2D eigenvalue weighted by Gasteiger charge is 2.37. The normalized spacial score (nSPS) is 18.8. The average Bonchev–Trinajstić information content (AvgIpc) is 3.07. The van der Waals surface area contributed by atoms with E-state index in [1.807, 2.05) is 4.90 Å². The smallest absolute Gasteiger partial charge is 0.355 e. The Hall–Kier alpha value is -2.54. The van der Waals surface area contributed by atoms with Crippen molar-refractivity contribution in [2.75, 3.05) is 23.7 Å². The highest BCUT2D eigenvalue weighted by atomic mass is 32.2. The fourth-order valence-electron chi connectivity index (χ4n) is 3.46. The standard InChI is InChI=1S/C15H16F3N7O2S/c16-15(17,18)8-28(26,27)24-9-2-1-5-25(7-9)14-12-10-3-4-19-13(10)22-21-11(12)6-20-23-14/h3-4,6,9,23-24H,1-2,5,7-8H2. The van der Waals surface area contributed by atoms with Crippen LogP contribution in [0.1, 0.15) is 12.8 Å². The largest absolute Gasteiger partial charge is 0.404 e. The molecule has 0 bridgehead atoms. The highest BCUT2D eigenvalue weighted by molar-refractivity contribution is 7.89. The number of nitrogens with one attached hydrogen (secondary N) is 2. The van der Waals surface area contributed by atoms with E-state index in [-0.39, 0.29) is 6.54 Å². The maximum absolute atomic E-state index is 12.5. The summed E-state index contributed by atoms with van der Waals surface area (Å²) in [6, 6.07) is 1.14. The molecule has 2 N–H and O–H groups in total. The zero-order chi connectivity index (χ0) is 19.9. The predicted molar refractivity (Wildman–Crippen MR) is 95.2 cm³/mol. The van der Waals surface area contributed by atoms with Gasteiger partial charge in [0.2, 0.25) is 10.0 Å². The molecule has 0 aromatic carbocycles. The van der Waals surface area contributed by atoms with Gasteiger partial charge >= 0.3 is 6.18 Å². The number of alkyl halides is 3. The summed E-state index contributed by atoms with van der Waals surface area (Å²) < 4.78 is 63.2. The van der Waals surface area contributed by atoms with Crippen molar-refractivity contribution in [2.45, 2.75) is 25.1 Å². The first kappa shape index (κ1) is 18.8. The van der Waals surface area contributed by atoms with Gasteiger partial charge in [-0.05, 0) is 18.9 Å². The Morgan fingerprint density at radius 1 is 1.32 bits per heavy atom. The lowest BCUT2D eigenvalue weighted by atomic mass is 10.1. The van der Waals surface area contributed by atoms with E-state index in [9.17, 15) is 21.6 Å². The number of rotatable bonds is 4. The van der Waals surface area contributed by atoms with Crippen molar-refractivity contribution in [3.63, 3.8) is 0 Å². The Bertz CT molecular complexity index is 1120. The topological polar surface area (TPSA) is 117 Å². The third-order valence-corrected chi connectivity index (χ3v) is 5.89. The third-order valence-electron chi connectivity index (χ3n) is 4.49. The Labute approximate surface area is 157 Å². The Morgan fingerprint density at radius 3 is 2.93 bits per heavy atom. The molecule has 0 aliphatic carbocycles. The zero-order valence-electron chi connectivity index (χ0n) is 14.4. The first-order valence-corrected chi connectivity index (χ1v) is 10.1. The van der Waals surface area contributed by atoms with Gasteiger partial charge in [-0.1, -0.05) is 0 Å². The van der Waals surface area contributed by atoms with Gasteiger partial charge in [0.1, 0.15) is 11.3 Å². The molecule has 3 aromatic heterocycles. The summed E-state index contributed by atoms with van der Waals surface area (Å²) in [4.78, 5) is 5.98. The number of anilines is 1. The van der Waals surface area contributed by atoms with Gasteiger partial charge < -0.3 is 4.90 Å². The van der Waals surface area contributed by atoms with E-state index in [2.05, 4.69) is 30.1 Å². The molecule has 1 fully saturated rings. The Morgan fingerprint density at radius 2 is 2.14 bits per heavy atom. The van der Waals surface area contributed by atoms with E-state index in [4.69, 9.17) is 0 Å². The van der Waals surface area contributed by atoms with Crippen molar-refractivity contribution >= 4 is 37.8 Å². The van der Waals surface area contributed by atoms with Crippen LogP contribution in [-0.2, 0) is 10.0 Å². The van der Waals surface area contributed by atoms with Gasteiger partial charge in [0.15, 0.2) is 11.4 Å². The number of H-pyrrole nitrogens is 1. The van der Waals surface area contributed by atoms with Gasteiger partial charge in [0.05, 0.1) is 11.6 Å². The summed E-state index contributed by atoms with van der Waals surface area (Å²) in [5.74, 6) is -1.29. The molecule has 4 rings (SSSR count). The molecular formula is C15H16F3N7O2S. The van der Waals surface area contributed by atoms with Crippen molar-refractivity contribution in [1.82, 2.24) is 30.1 Å². The summed E-state index contributed by atoms with van der Waals surface area (Å²) >= 11 is 0. The highest BCUT2D eigenvalue weighted by Crippen LogP contribution is 2.30. The molecule has 0 saturated carbocycles. The van der Waals surface area contributed by atoms with Gasteiger partial charge in [-0.15, -0.1) is 10.2 Å². The number of fused-ring (bicyclic) bond motifs is 3. The van der Waals surface area contributed by atoms with Gasteiger partial charge in [-0.25, -0.2) is 18.1 Å². The fourth-order valence-corrected chi connectivity index (χ4v) is 4.67. The average molecular weight is 415 g/mol. The summed E-state index contributed by atoms with van der Waals surface area (Å²) in [6.07, 6.45) is -0.620. The molecule has 0 spiro atoms. The summed E-state index contributed by atoms with van der Waals surface area (Å²) in [7, 11) is -4.47. The number of hydrogen-bond donors (Lipinski definition) is 2. The van der Waals surface area contributed by atoms with Crippen molar-refractivity contribution in [1.29, 1.82) is 0 Å². The van der Waals surface area contributed by atoms with Crippen LogP contribution >= 0.6 is 0 Å². The first-order valence-electron chi connectivity index (χ1n) is 8.48. The molecule has 28 heavy (non-hydrogen) atoms. The van der Waals surface area contributed by atoms with Gasteiger partial charge in [0.25, 0.3) is 0 Å². The minimum atomic E-state index is -4.79. The lowest BCUT2D eigenvalue weighted by Gasteiger charge is -2.34. The number of piperidine rings is 1. The quantitative estimate of drug-likeness (QED) is 0.661. The number of aromatic nitrogens is 5. The maximum atomic E-state index is 12.5. The molecule has 13 heteroatoms. The van der Waals surface area contributed by atoms with E-state index >= 15 is 0 Å². The number of aromatic amines is 1. The second-order valence-electron chi connectivity index (χ2n) is 6.64. The SMILES string of the molecule is O=S(=O)(CC(F)(F)F)NC1CCCN(c2[nH]ncc3nnc4nccc4c23)C1. The fraction of sp³-hybridized carbons (Fsp3) is 0.467. The van der Waals surface area contributed by atoms with E-state index < -0.39 is 28.0 Å². The summed E-state index contributed by atoms with van der Waals surface area (Å²) in [5, 5.41) is 16.6. The molecular weight excluding hydrogens is 399 g/mol. The lowest BCUT2D eigenvalue weighted by Crippen LogP contribution is -2.49. The van der Waals surface area contributed by atoms with Crippen LogP contribution in [0.15, 0.2) is 18.5 Å². The van der Waals surface area contributed by atoms with Crippen molar-refractivity contribution in [3.8, 4) is 0 Å². The minimum absolute atomic E-state index is 0.201. The third kappa shape index (κ3) is 3.85. The van der Waals surface area contributed by atoms with Crippen LogP contribution in [-0.4, -0.2) is 64.9 Å². The van der Waals surface area contributed by atoms with E-state index in [0.717, 1.165) is 10.8 Å². The molecule has 1 atom stereocenters. The van der Waals surface area contributed by atoms with Crippen molar-refractivity contribution in [2.24, 2.45) is 0 Å². The minimum Gasteiger partial charge on any atom is -0.355 e. The molecule has 4 heterocycles. The van der Waals surface area contributed by atoms with Crippen LogP contribution in [0.2, 0.25) is 0 Å². The van der Waals surface area contributed by atoms with Crippen LogP contribution in [0.3, 0.4) is 0 Å². The predicted octanol–water partition coefficient (Wildman–Crippen LogP) is 1.35. The Kier molecular flexibility index (Phi) is 4.57. The second kappa shape index (κ2) is 6.81. The van der Waals surface area contributed by atoms with Crippen LogP contribution in [0, 0.1) is 0 Å². The van der Waals surface area contributed by atoms with Crippen molar-refractivity contribution in [3.05, 3.63) is 18.5 Å². The Balaban J connectivity index is 1.63. The molecule has 1 aliphatic heterocycles. The second-order valence-corrected chi connectivity index (χ2v) is 8.39.